The van der Waals surface area contributed by atoms with Crippen molar-refractivity contribution in [1.29, 1.82) is 0 Å². The van der Waals surface area contributed by atoms with Crippen LogP contribution in [0.2, 0.25) is 0 Å². The molecule has 0 radical (unpaired) electrons. The average molecular weight is 531 g/mol. The van der Waals surface area contributed by atoms with Crippen LogP contribution in [0.5, 0.6) is 0 Å². The molecule has 4 heterocycles. The van der Waals surface area contributed by atoms with Gasteiger partial charge in [0.2, 0.25) is 11.8 Å². The fourth-order valence-corrected chi connectivity index (χ4v) is 5.76. The van der Waals surface area contributed by atoms with Crippen molar-refractivity contribution < 1.29 is 32.7 Å². The zero-order chi connectivity index (χ0) is 27.5. The van der Waals surface area contributed by atoms with E-state index in [1.807, 2.05) is 13.8 Å². The van der Waals surface area contributed by atoms with Crippen molar-refractivity contribution in [3.05, 3.63) is 64.5 Å². The van der Waals surface area contributed by atoms with Crippen LogP contribution in [0, 0.1) is 5.41 Å². The topological polar surface area (TPSA) is 103 Å². The number of likely N-dealkylation sites (tertiary alicyclic amines) is 1. The molecule has 2 aromatic rings. The fraction of sp³-hybridized carbons (Fsp3) is 0.481. The van der Waals surface area contributed by atoms with Gasteiger partial charge in [-0.2, -0.15) is 13.2 Å². The number of halogens is 3. The number of carbonyl (C=O) groups is 3. The number of rotatable bonds is 4. The predicted octanol–water partition coefficient (Wildman–Crippen LogP) is 2.98. The summed E-state index contributed by atoms with van der Waals surface area (Å²) in [5.74, 6) is -1.18. The molecule has 0 bridgehead atoms. The maximum absolute atomic E-state index is 13.0. The third-order valence-corrected chi connectivity index (χ3v) is 8.01. The molecule has 0 unspecified atom stereocenters. The third-order valence-electron chi connectivity index (χ3n) is 8.01. The van der Waals surface area contributed by atoms with Gasteiger partial charge < -0.3 is 10.0 Å². The largest absolute Gasteiger partial charge is 0.416 e. The maximum Gasteiger partial charge on any atom is 0.416 e. The fourth-order valence-electron chi connectivity index (χ4n) is 5.76. The summed E-state index contributed by atoms with van der Waals surface area (Å²) in [5, 5.41) is 14.1. The molecule has 3 aliphatic rings. The van der Waals surface area contributed by atoms with Crippen molar-refractivity contribution in [2.75, 3.05) is 13.1 Å². The van der Waals surface area contributed by atoms with Crippen LogP contribution in [0.4, 0.5) is 13.2 Å². The van der Waals surface area contributed by atoms with E-state index >= 15 is 0 Å². The number of benzene rings is 1. The number of hydrogen-bond acceptors (Lipinski definition) is 6. The van der Waals surface area contributed by atoms with Gasteiger partial charge in [-0.15, -0.1) is 0 Å². The molecule has 1 aromatic heterocycles. The Balaban J connectivity index is 1.31. The molecule has 3 aliphatic heterocycles. The highest BCUT2D eigenvalue weighted by molar-refractivity contribution is 6.05. The van der Waals surface area contributed by atoms with Crippen molar-refractivity contribution in [2.45, 2.75) is 64.0 Å². The Morgan fingerprint density at radius 3 is 2.45 bits per heavy atom. The molecule has 202 valence electrons. The number of aliphatic hydroxyl groups is 1. The van der Waals surface area contributed by atoms with E-state index in [9.17, 15) is 32.7 Å². The number of amides is 3. The Bertz CT molecular complexity index is 1290. The smallest absolute Gasteiger partial charge is 0.383 e. The second-order valence-corrected chi connectivity index (χ2v) is 11.0. The van der Waals surface area contributed by atoms with Gasteiger partial charge in [-0.1, -0.05) is 26.0 Å². The van der Waals surface area contributed by atoms with Gasteiger partial charge >= 0.3 is 6.18 Å². The second-order valence-electron chi connectivity index (χ2n) is 11.0. The van der Waals surface area contributed by atoms with Crippen LogP contribution in [0.25, 0.3) is 0 Å². The number of nitrogens with one attached hydrogen (secondary N) is 1. The molecule has 0 saturated carbocycles. The first-order valence-electron chi connectivity index (χ1n) is 12.5. The number of fused-ring (bicyclic) bond motifs is 1. The Hall–Kier alpha value is -3.31. The van der Waals surface area contributed by atoms with Gasteiger partial charge in [-0.05, 0) is 42.7 Å². The Morgan fingerprint density at radius 2 is 1.82 bits per heavy atom. The summed E-state index contributed by atoms with van der Waals surface area (Å²) >= 11 is 0. The van der Waals surface area contributed by atoms with E-state index in [0.29, 0.717) is 43.0 Å². The van der Waals surface area contributed by atoms with Crippen molar-refractivity contribution in [2.24, 2.45) is 5.41 Å². The number of alkyl halides is 3. The average Bonchev–Trinajstić information content (AvgIpc) is 3.16. The van der Waals surface area contributed by atoms with Crippen molar-refractivity contribution in [1.82, 2.24) is 20.1 Å². The van der Waals surface area contributed by atoms with E-state index in [1.54, 1.807) is 12.1 Å². The lowest BCUT2D eigenvalue weighted by Crippen LogP contribution is -2.55. The third kappa shape index (κ3) is 4.58. The molecular formula is C27H29F3N4O4. The zero-order valence-electron chi connectivity index (χ0n) is 21.1. The highest BCUT2D eigenvalue weighted by Gasteiger charge is 2.50. The van der Waals surface area contributed by atoms with Crippen LogP contribution in [0.1, 0.15) is 66.0 Å². The minimum absolute atomic E-state index is 0.116. The van der Waals surface area contributed by atoms with Crippen molar-refractivity contribution >= 4 is 17.7 Å². The van der Waals surface area contributed by atoms with Crippen molar-refractivity contribution in [3.8, 4) is 0 Å². The number of aromatic nitrogens is 1. The molecule has 11 heteroatoms. The first kappa shape index (κ1) is 26.3. The summed E-state index contributed by atoms with van der Waals surface area (Å²) in [6, 6.07) is 7.65. The predicted molar refractivity (Wildman–Crippen MR) is 129 cm³/mol. The molecule has 2 atom stereocenters. The number of pyridine rings is 1. The molecule has 2 saturated heterocycles. The first-order valence-corrected chi connectivity index (χ1v) is 12.5. The summed E-state index contributed by atoms with van der Waals surface area (Å²) in [7, 11) is 0. The van der Waals surface area contributed by atoms with E-state index in [-0.39, 0.29) is 31.2 Å². The first-order chi connectivity index (χ1) is 17.8. The molecule has 8 nitrogen and oxygen atoms in total. The Labute approximate surface area is 217 Å². The van der Waals surface area contributed by atoms with Gasteiger partial charge in [-0.3, -0.25) is 29.6 Å². The lowest BCUT2D eigenvalue weighted by atomic mass is 9.68. The van der Waals surface area contributed by atoms with Gasteiger partial charge in [-0.25, -0.2) is 0 Å². The van der Waals surface area contributed by atoms with Crippen LogP contribution in [-0.4, -0.2) is 56.7 Å². The van der Waals surface area contributed by atoms with Crippen molar-refractivity contribution in [3.63, 3.8) is 0 Å². The molecule has 5 rings (SSSR count). The maximum atomic E-state index is 13.0. The van der Waals surface area contributed by atoms with E-state index in [4.69, 9.17) is 0 Å². The van der Waals surface area contributed by atoms with E-state index < -0.39 is 34.7 Å². The minimum atomic E-state index is -4.38. The lowest BCUT2D eigenvalue weighted by Gasteiger charge is -2.50. The van der Waals surface area contributed by atoms with Gasteiger partial charge in [0, 0.05) is 31.5 Å². The number of hydrogen-bond donors (Lipinski definition) is 2. The van der Waals surface area contributed by atoms with E-state index in [1.165, 1.54) is 17.0 Å². The molecule has 3 amide bonds. The molecule has 38 heavy (non-hydrogen) atoms. The molecule has 0 aliphatic carbocycles. The molecule has 1 aromatic carbocycles. The van der Waals surface area contributed by atoms with Gasteiger partial charge in [0.25, 0.3) is 5.91 Å². The lowest BCUT2D eigenvalue weighted by molar-refractivity contribution is -0.138. The number of piperidine rings is 2. The van der Waals surface area contributed by atoms with E-state index in [2.05, 4.69) is 15.2 Å². The van der Waals surface area contributed by atoms with Crippen LogP contribution in [-0.2, 0) is 34.5 Å². The number of nitrogens with zero attached hydrogens (tertiary/aromatic N) is 3. The summed E-state index contributed by atoms with van der Waals surface area (Å²) in [6.07, 6.45) is -3.62. The molecule has 2 N–H and O–H groups in total. The monoisotopic (exact) mass is 530 g/mol. The molecular weight excluding hydrogens is 501 g/mol. The van der Waals surface area contributed by atoms with Crippen LogP contribution in [0.3, 0.4) is 0 Å². The van der Waals surface area contributed by atoms with E-state index in [0.717, 1.165) is 17.7 Å². The minimum Gasteiger partial charge on any atom is -0.383 e. The SMILES string of the molecule is CC1(C)CN(Cc2ccc(C(F)(F)F)cc2)CC[C@@]1(O)c1ccc2c(n1)CN([C@H]1CCC(=O)NC1=O)C2=O. The Morgan fingerprint density at radius 1 is 1.11 bits per heavy atom. The van der Waals surface area contributed by atoms with Gasteiger partial charge in [0.15, 0.2) is 0 Å². The standard InChI is InChI=1S/C27H29F3N4O4/c1-25(2)15-33(13-16-3-5-17(6-4-16)27(28,29)30)12-11-26(25,38)21-9-7-18-19(31-21)14-34(24(18)37)20-8-10-22(35)32-23(20)36/h3-7,9,20,38H,8,10-15H2,1-2H3,(H,32,35,36)/t20-,26+/m0/s1. The quantitative estimate of drug-likeness (QED) is 0.590. The van der Waals surface area contributed by atoms with Gasteiger partial charge in [0.1, 0.15) is 11.6 Å². The summed E-state index contributed by atoms with van der Waals surface area (Å²) in [5.41, 5.74) is -0.607. The number of imide groups is 1. The summed E-state index contributed by atoms with van der Waals surface area (Å²) in [4.78, 5) is 45.0. The van der Waals surface area contributed by atoms with Gasteiger partial charge in [0.05, 0.1) is 29.1 Å². The normalized spacial score (nSPS) is 25.9. The molecule has 2 fully saturated rings. The highest BCUT2D eigenvalue weighted by atomic mass is 19.4. The molecule has 0 spiro atoms. The summed E-state index contributed by atoms with van der Waals surface area (Å²) in [6.45, 7) is 5.38. The zero-order valence-corrected chi connectivity index (χ0v) is 21.1. The van der Waals surface area contributed by atoms with Crippen LogP contribution in [0.15, 0.2) is 36.4 Å². The second kappa shape index (κ2) is 9.16. The highest BCUT2D eigenvalue weighted by Crippen LogP contribution is 2.46. The van der Waals surface area contributed by atoms with Crippen LogP contribution < -0.4 is 5.32 Å². The summed E-state index contributed by atoms with van der Waals surface area (Å²) < 4.78 is 38.6. The van der Waals surface area contributed by atoms with Crippen LogP contribution >= 0.6 is 0 Å². The number of carbonyl (C=O) groups excluding carboxylic acids is 3. The Kier molecular flexibility index (Phi) is 6.34.